The fourth-order valence-corrected chi connectivity index (χ4v) is 3.92. The number of hydrogen-bond acceptors (Lipinski definition) is 6. The molecule has 0 spiro atoms. The molecule has 0 aliphatic carbocycles. The molecule has 0 bridgehead atoms. The number of aromatic nitrogens is 3. The molecule has 1 atom stereocenters. The Morgan fingerprint density at radius 1 is 1.13 bits per heavy atom. The number of halogens is 3. The van der Waals surface area contributed by atoms with Crippen LogP contribution < -0.4 is 16.8 Å². The van der Waals surface area contributed by atoms with Gasteiger partial charge in [-0.2, -0.15) is 18.3 Å². The quantitative estimate of drug-likeness (QED) is 0.364. The summed E-state index contributed by atoms with van der Waals surface area (Å²) in [4.78, 5) is 5.34. The topological polar surface area (TPSA) is 106 Å². The van der Waals surface area contributed by atoms with Crippen LogP contribution in [-0.4, -0.2) is 27.8 Å². The van der Waals surface area contributed by atoms with E-state index in [2.05, 4.69) is 20.5 Å². The number of hydrogen-bond donors (Lipinski definition) is 4. The van der Waals surface area contributed by atoms with Crippen LogP contribution in [0.25, 0.3) is 21.3 Å². The van der Waals surface area contributed by atoms with Gasteiger partial charge in [-0.15, -0.1) is 0 Å². The third kappa shape index (κ3) is 4.39. The second kappa shape index (κ2) is 7.96. The molecular weight excluding hydrogens is 413 g/mol. The Morgan fingerprint density at radius 2 is 1.90 bits per heavy atom. The van der Waals surface area contributed by atoms with Crippen molar-refractivity contribution in [2.45, 2.75) is 18.6 Å². The van der Waals surface area contributed by atoms with Crippen molar-refractivity contribution < 1.29 is 13.2 Å². The SMILES string of the molecule is Nc1n[nH]c2ccc(-c3cnc(NC[C@@H](N)Cc4ccc(C(F)(F)F)cc4)s3)cc12. The number of aromatic amines is 1. The van der Waals surface area contributed by atoms with Crippen LogP contribution in [0.1, 0.15) is 11.1 Å². The van der Waals surface area contributed by atoms with Gasteiger partial charge in [0.25, 0.3) is 0 Å². The van der Waals surface area contributed by atoms with Crippen molar-refractivity contribution >= 4 is 33.2 Å². The van der Waals surface area contributed by atoms with Gasteiger partial charge >= 0.3 is 6.18 Å². The number of nitrogen functional groups attached to an aromatic ring is 1. The summed E-state index contributed by atoms with van der Waals surface area (Å²) in [5, 5.41) is 11.6. The van der Waals surface area contributed by atoms with Crippen molar-refractivity contribution in [3.63, 3.8) is 0 Å². The Labute approximate surface area is 174 Å². The molecule has 0 saturated carbocycles. The lowest BCUT2D eigenvalue weighted by Gasteiger charge is -2.13. The number of nitrogens with one attached hydrogen (secondary N) is 2. The maximum absolute atomic E-state index is 12.6. The Kier molecular flexibility index (Phi) is 5.35. The average Bonchev–Trinajstić information content (AvgIpc) is 3.33. The highest BCUT2D eigenvalue weighted by molar-refractivity contribution is 7.18. The minimum atomic E-state index is -4.33. The van der Waals surface area contributed by atoms with Crippen molar-refractivity contribution in [1.29, 1.82) is 0 Å². The lowest BCUT2D eigenvalue weighted by atomic mass is 10.0. The van der Waals surface area contributed by atoms with Crippen molar-refractivity contribution in [2.24, 2.45) is 5.73 Å². The molecule has 30 heavy (non-hydrogen) atoms. The molecular formula is C20H19F3N6S. The third-order valence-electron chi connectivity index (χ3n) is 4.68. The van der Waals surface area contributed by atoms with Gasteiger partial charge in [0.2, 0.25) is 0 Å². The number of rotatable bonds is 6. The standard InChI is InChI=1S/C20H19F3N6S/c21-20(22,23)13-4-1-11(2-5-13)7-14(24)9-26-19-27-10-17(30-19)12-3-6-16-15(8-12)18(25)29-28-16/h1-6,8,10,14H,7,9,24H2,(H,26,27)(H3,25,28,29)/t14-/m0/s1. The Hall–Kier alpha value is -3.11. The number of thiazole rings is 1. The Bertz CT molecular complexity index is 1150. The molecule has 4 rings (SSSR count). The maximum Gasteiger partial charge on any atom is 0.416 e. The first-order chi connectivity index (χ1) is 14.3. The van der Waals surface area contributed by atoms with E-state index < -0.39 is 11.7 Å². The minimum Gasteiger partial charge on any atom is -0.382 e. The van der Waals surface area contributed by atoms with Gasteiger partial charge in [-0.1, -0.05) is 29.5 Å². The summed E-state index contributed by atoms with van der Waals surface area (Å²) in [6.07, 6.45) is -2.11. The molecule has 2 heterocycles. The van der Waals surface area contributed by atoms with Gasteiger partial charge < -0.3 is 16.8 Å². The zero-order chi connectivity index (χ0) is 21.3. The van der Waals surface area contributed by atoms with Crippen LogP contribution in [0.15, 0.2) is 48.7 Å². The molecule has 6 N–H and O–H groups in total. The molecule has 0 amide bonds. The van der Waals surface area contributed by atoms with Gasteiger partial charge in [0.1, 0.15) is 0 Å². The zero-order valence-electron chi connectivity index (χ0n) is 15.7. The largest absolute Gasteiger partial charge is 0.416 e. The Morgan fingerprint density at radius 3 is 2.63 bits per heavy atom. The molecule has 2 aromatic carbocycles. The van der Waals surface area contributed by atoms with E-state index in [0.717, 1.165) is 39.0 Å². The first kappa shape index (κ1) is 20.2. The van der Waals surface area contributed by atoms with E-state index in [1.165, 1.54) is 23.5 Å². The van der Waals surface area contributed by atoms with Gasteiger partial charge in [-0.05, 0) is 41.8 Å². The van der Waals surface area contributed by atoms with Crippen molar-refractivity contribution in [1.82, 2.24) is 15.2 Å². The lowest BCUT2D eigenvalue weighted by Crippen LogP contribution is -2.31. The molecule has 6 nitrogen and oxygen atoms in total. The van der Waals surface area contributed by atoms with Crippen LogP contribution in [0, 0.1) is 0 Å². The molecule has 0 fully saturated rings. The van der Waals surface area contributed by atoms with E-state index in [1.807, 2.05) is 18.2 Å². The summed E-state index contributed by atoms with van der Waals surface area (Å²) in [6.45, 7) is 0.446. The predicted octanol–water partition coefficient (Wildman–Crippen LogP) is 4.27. The van der Waals surface area contributed by atoms with E-state index >= 15 is 0 Å². The summed E-state index contributed by atoms with van der Waals surface area (Å²) in [6, 6.07) is 10.6. The number of H-pyrrole nitrogens is 1. The monoisotopic (exact) mass is 432 g/mol. The summed E-state index contributed by atoms with van der Waals surface area (Å²) in [5.41, 5.74) is 13.9. The number of benzene rings is 2. The number of nitrogens with zero attached hydrogens (tertiary/aromatic N) is 2. The smallest absolute Gasteiger partial charge is 0.382 e. The number of alkyl halides is 3. The molecule has 0 saturated heterocycles. The van der Waals surface area contributed by atoms with Gasteiger partial charge in [-0.25, -0.2) is 4.98 Å². The molecule has 0 radical (unpaired) electrons. The highest BCUT2D eigenvalue weighted by atomic mass is 32.1. The normalized spacial score (nSPS) is 12.9. The first-order valence-electron chi connectivity index (χ1n) is 9.15. The van der Waals surface area contributed by atoms with E-state index in [1.54, 1.807) is 6.20 Å². The fraction of sp³-hybridized carbons (Fsp3) is 0.200. The van der Waals surface area contributed by atoms with Gasteiger partial charge in [0.15, 0.2) is 10.9 Å². The molecule has 10 heteroatoms. The third-order valence-corrected chi connectivity index (χ3v) is 5.68. The Balaban J connectivity index is 1.36. The molecule has 0 unspecified atom stereocenters. The summed E-state index contributed by atoms with van der Waals surface area (Å²) in [7, 11) is 0. The molecule has 156 valence electrons. The van der Waals surface area contributed by atoms with Crippen LogP contribution in [0.3, 0.4) is 0 Å². The van der Waals surface area contributed by atoms with E-state index in [-0.39, 0.29) is 6.04 Å². The van der Waals surface area contributed by atoms with E-state index in [9.17, 15) is 13.2 Å². The van der Waals surface area contributed by atoms with Gasteiger partial charge in [0.05, 0.1) is 16.0 Å². The van der Waals surface area contributed by atoms with Gasteiger partial charge in [0, 0.05) is 24.2 Å². The number of fused-ring (bicyclic) bond motifs is 1. The summed E-state index contributed by atoms with van der Waals surface area (Å²) >= 11 is 1.48. The average molecular weight is 432 g/mol. The molecule has 0 aliphatic heterocycles. The number of nitrogens with two attached hydrogens (primary N) is 2. The maximum atomic E-state index is 12.6. The van der Waals surface area contributed by atoms with Crippen molar-refractivity contribution in [3.05, 3.63) is 59.8 Å². The van der Waals surface area contributed by atoms with Crippen LogP contribution in [0.5, 0.6) is 0 Å². The molecule has 2 aromatic heterocycles. The van der Waals surface area contributed by atoms with Crippen LogP contribution >= 0.6 is 11.3 Å². The molecule has 4 aromatic rings. The van der Waals surface area contributed by atoms with Crippen molar-refractivity contribution in [3.8, 4) is 10.4 Å². The van der Waals surface area contributed by atoms with Crippen LogP contribution in [0.2, 0.25) is 0 Å². The lowest BCUT2D eigenvalue weighted by molar-refractivity contribution is -0.137. The zero-order valence-corrected chi connectivity index (χ0v) is 16.5. The highest BCUT2D eigenvalue weighted by Gasteiger charge is 2.29. The second-order valence-corrected chi connectivity index (χ2v) is 7.97. The first-order valence-corrected chi connectivity index (χ1v) is 9.96. The minimum absolute atomic E-state index is 0.267. The van der Waals surface area contributed by atoms with Crippen LogP contribution in [-0.2, 0) is 12.6 Å². The summed E-state index contributed by atoms with van der Waals surface area (Å²) in [5.74, 6) is 0.448. The fourth-order valence-electron chi connectivity index (χ4n) is 3.10. The van der Waals surface area contributed by atoms with Crippen molar-refractivity contribution in [2.75, 3.05) is 17.6 Å². The van der Waals surface area contributed by atoms with E-state index in [0.29, 0.717) is 23.9 Å². The van der Waals surface area contributed by atoms with E-state index in [4.69, 9.17) is 11.5 Å². The number of anilines is 2. The second-order valence-electron chi connectivity index (χ2n) is 6.94. The highest BCUT2D eigenvalue weighted by Crippen LogP contribution is 2.32. The predicted molar refractivity (Wildman–Crippen MR) is 113 cm³/mol. The van der Waals surface area contributed by atoms with Gasteiger partial charge in [-0.3, -0.25) is 5.10 Å². The van der Waals surface area contributed by atoms with Crippen LogP contribution in [0.4, 0.5) is 24.1 Å². The summed E-state index contributed by atoms with van der Waals surface area (Å²) < 4.78 is 37.9. The molecule has 0 aliphatic rings.